The molecule has 1 saturated carbocycles. The molecular weight excluding hydrogens is 304 g/mol. The van der Waals surface area contributed by atoms with Gasteiger partial charge in [-0.2, -0.15) is 0 Å². The van der Waals surface area contributed by atoms with Crippen LogP contribution in [0.5, 0.6) is 0 Å². The number of nitrogens with one attached hydrogen (secondary N) is 1. The minimum Gasteiger partial charge on any atom is -0.357 e. The fourth-order valence-corrected chi connectivity index (χ4v) is 4.81. The molecule has 1 spiro atoms. The lowest BCUT2D eigenvalue weighted by Gasteiger charge is -2.25. The molecule has 0 unspecified atom stereocenters. The van der Waals surface area contributed by atoms with Crippen molar-refractivity contribution in [3.63, 3.8) is 0 Å². The molecule has 2 fully saturated rings. The van der Waals surface area contributed by atoms with Gasteiger partial charge in [-0.1, -0.05) is 19.8 Å². The van der Waals surface area contributed by atoms with Gasteiger partial charge in [0, 0.05) is 43.7 Å². The van der Waals surface area contributed by atoms with Crippen LogP contribution in [0.2, 0.25) is 0 Å². The molecule has 1 aliphatic heterocycles. The van der Waals surface area contributed by atoms with Crippen molar-refractivity contribution in [1.82, 2.24) is 15.2 Å². The van der Waals surface area contributed by atoms with E-state index in [0.29, 0.717) is 5.41 Å². The van der Waals surface area contributed by atoms with Crippen molar-refractivity contribution in [2.75, 3.05) is 26.2 Å². The van der Waals surface area contributed by atoms with Gasteiger partial charge in [0.1, 0.15) is 0 Å². The molecule has 1 N–H and O–H groups in total. The van der Waals surface area contributed by atoms with Crippen LogP contribution in [0.15, 0.2) is 11.2 Å². The summed E-state index contributed by atoms with van der Waals surface area (Å²) in [5.41, 5.74) is 0.599. The summed E-state index contributed by atoms with van der Waals surface area (Å²) < 4.78 is 0. The molecule has 0 aromatic carbocycles. The molecule has 1 aromatic heterocycles. The maximum Gasteiger partial charge on any atom is 0.193 e. The van der Waals surface area contributed by atoms with E-state index in [-0.39, 0.29) is 0 Å². The predicted molar refractivity (Wildman–Crippen MR) is 98.3 cm³/mol. The summed E-state index contributed by atoms with van der Waals surface area (Å²) in [6.07, 6.45) is 11.1. The van der Waals surface area contributed by atoms with Crippen molar-refractivity contribution >= 4 is 17.3 Å². The highest BCUT2D eigenvalue weighted by atomic mass is 32.1. The first-order valence-corrected chi connectivity index (χ1v) is 10.0. The van der Waals surface area contributed by atoms with Crippen molar-refractivity contribution in [1.29, 1.82) is 0 Å². The number of guanidine groups is 1. The second-order valence-corrected chi connectivity index (χ2v) is 8.14. The Bertz CT molecular complexity index is 531. The molecule has 1 aliphatic carbocycles. The highest BCUT2D eigenvalue weighted by Gasteiger charge is 2.41. The zero-order valence-corrected chi connectivity index (χ0v) is 15.4. The van der Waals surface area contributed by atoms with Crippen LogP contribution >= 0.6 is 11.3 Å². The summed E-state index contributed by atoms with van der Waals surface area (Å²) in [4.78, 5) is 13.2. The Hall–Kier alpha value is -1.10. The number of aliphatic imine (C=N–C) groups is 1. The van der Waals surface area contributed by atoms with Gasteiger partial charge in [0.15, 0.2) is 5.96 Å². The summed E-state index contributed by atoms with van der Waals surface area (Å²) in [6, 6.07) is 0. The quantitative estimate of drug-likeness (QED) is 0.662. The number of hydrogen-bond acceptors (Lipinski definition) is 3. The van der Waals surface area contributed by atoms with Crippen LogP contribution in [0.1, 0.15) is 55.8 Å². The monoisotopic (exact) mass is 334 g/mol. The summed E-state index contributed by atoms with van der Waals surface area (Å²) >= 11 is 1.83. The predicted octanol–water partition coefficient (Wildman–Crippen LogP) is 3.48. The molecule has 0 amide bonds. The summed E-state index contributed by atoms with van der Waals surface area (Å²) in [7, 11) is 0. The molecule has 128 valence electrons. The van der Waals surface area contributed by atoms with E-state index in [1.807, 2.05) is 17.5 Å². The van der Waals surface area contributed by atoms with Crippen LogP contribution in [-0.4, -0.2) is 42.0 Å². The molecule has 0 radical (unpaired) electrons. The average molecular weight is 335 g/mol. The minimum absolute atomic E-state index is 0.599. The lowest BCUT2D eigenvalue weighted by molar-refractivity contribution is 0.309. The van der Waals surface area contributed by atoms with Gasteiger partial charge < -0.3 is 10.2 Å². The van der Waals surface area contributed by atoms with Gasteiger partial charge in [0.25, 0.3) is 0 Å². The third kappa shape index (κ3) is 4.06. The fourth-order valence-electron chi connectivity index (χ4n) is 3.96. The lowest BCUT2D eigenvalue weighted by atomic mass is 9.86. The largest absolute Gasteiger partial charge is 0.357 e. The standard InChI is InChI=1S/C18H30N4S/c1-3-15-13-21-16(23-15)7-11-20-17(19-4-2)22-12-10-18(14-22)8-5-6-9-18/h13H,3-12,14H2,1-2H3,(H,19,20). The van der Waals surface area contributed by atoms with Gasteiger partial charge in [-0.25, -0.2) is 4.98 Å². The highest BCUT2D eigenvalue weighted by molar-refractivity contribution is 7.11. The Morgan fingerprint density at radius 2 is 2.17 bits per heavy atom. The van der Waals surface area contributed by atoms with Crippen molar-refractivity contribution < 1.29 is 0 Å². The van der Waals surface area contributed by atoms with Crippen LogP contribution < -0.4 is 5.32 Å². The number of thiazole rings is 1. The first kappa shape index (κ1) is 16.7. The molecule has 5 heteroatoms. The normalized spacial score (nSPS) is 20.6. The number of rotatable bonds is 5. The number of likely N-dealkylation sites (tertiary alicyclic amines) is 1. The number of hydrogen-bond donors (Lipinski definition) is 1. The Morgan fingerprint density at radius 3 is 2.87 bits per heavy atom. The average Bonchev–Trinajstić information content (AvgIpc) is 3.29. The van der Waals surface area contributed by atoms with Crippen molar-refractivity contribution in [2.24, 2.45) is 10.4 Å². The summed E-state index contributed by atoms with van der Waals surface area (Å²) in [5.74, 6) is 1.11. The highest BCUT2D eigenvalue weighted by Crippen LogP contribution is 2.45. The molecule has 0 atom stereocenters. The first-order chi connectivity index (χ1) is 11.2. The van der Waals surface area contributed by atoms with E-state index in [1.54, 1.807) is 0 Å². The van der Waals surface area contributed by atoms with E-state index >= 15 is 0 Å². The molecule has 2 heterocycles. The van der Waals surface area contributed by atoms with Crippen LogP contribution in [0.25, 0.3) is 0 Å². The summed E-state index contributed by atoms with van der Waals surface area (Å²) in [5, 5.41) is 4.71. The summed E-state index contributed by atoms with van der Waals surface area (Å²) in [6.45, 7) is 8.50. The van der Waals surface area contributed by atoms with Gasteiger partial charge in [0.2, 0.25) is 0 Å². The smallest absolute Gasteiger partial charge is 0.193 e. The van der Waals surface area contributed by atoms with Crippen molar-refractivity contribution in [3.05, 3.63) is 16.1 Å². The van der Waals surface area contributed by atoms with E-state index < -0.39 is 0 Å². The molecular formula is C18H30N4S. The van der Waals surface area contributed by atoms with Gasteiger partial charge in [-0.15, -0.1) is 11.3 Å². The van der Waals surface area contributed by atoms with Gasteiger partial charge in [-0.3, -0.25) is 4.99 Å². The molecule has 0 bridgehead atoms. The van der Waals surface area contributed by atoms with E-state index in [1.165, 1.54) is 55.1 Å². The van der Waals surface area contributed by atoms with Crippen LogP contribution in [0, 0.1) is 5.41 Å². The number of nitrogens with zero attached hydrogens (tertiary/aromatic N) is 3. The van der Waals surface area contributed by atoms with Crippen molar-refractivity contribution in [2.45, 2.75) is 58.8 Å². The molecule has 1 aromatic rings. The molecule has 1 saturated heterocycles. The Kier molecular flexibility index (Phi) is 5.57. The molecule has 2 aliphatic rings. The third-order valence-corrected chi connectivity index (χ3v) is 6.48. The van der Waals surface area contributed by atoms with Crippen LogP contribution in [-0.2, 0) is 12.8 Å². The minimum atomic E-state index is 0.599. The molecule has 4 nitrogen and oxygen atoms in total. The third-order valence-electron chi connectivity index (χ3n) is 5.27. The Morgan fingerprint density at radius 1 is 1.35 bits per heavy atom. The maximum absolute atomic E-state index is 4.88. The van der Waals surface area contributed by atoms with Crippen LogP contribution in [0.4, 0.5) is 0 Å². The Labute approximate surface area is 144 Å². The van der Waals surface area contributed by atoms with Gasteiger partial charge in [0.05, 0.1) is 5.01 Å². The number of aryl methyl sites for hydroxylation is 1. The van der Waals surface area contributed by atoms with Crippen LogP contribution in [0.3, 0.4) is 0 Å². The first-order valence-electron chi connectivity index (χ1n) is 9.21. The van der Waals surface area contributed by atoms with Crippen molar-refractivity contribution in [3.8, 4) is 0 Å². The zero-order valence-electron chi connectivity index (χ0n) is 14.6. The van der Waals surface area contributed by atoms with E-state index in [4.69, 9.17) is 4.99 Å². The van der Waals surface area contributed by atoms with E-state index in [9.17, 15) is 0 Å². The van der Waals surface area contributed by atoms with E-state index in [0.717, 1.165) is 31.9 Å². The number of aromatic nitrogens is 1. The molecule has 3 rings (SSSR count). The topological polar surface area (TPSA) is 40.5 Å². The van der Waals surface area contributed by atoms with E-state index in [2.05, 4.69) is 29.0 Å². The molecule has 23 heavy (non-hydrogen) atoms. The van der Waals surface area contributed by atoms with Gasteiger partial charge >= 0.3 is 0 Å². The zero-order chi connectivity index (χ0) is 16.1. The fraction of sp³-hybridized carbons (Fsp3) is 0.778. The second kappa shape index (κ2) is 7.65. The second-order valence-electron chi connectivity index (χ2n) is 6.94. The maximum atomic E-state index is 4.88. The van der Waals surface area contributed by atoms with Gasteiger partial charge in [-0.05, 0) is 38.0 Å². The Balaban J connectivity index is 1.57. The SMILES string of the molecule is CCNC(=NCCc1ncc(CC)s1)N1CCC2(CCCC2)C1. The lowest BCUT2D eigenvalue weighted by Crippen LogP contribution is -2.41.